The lowest BCUT2D eigenvalue weighted by Crippen LogP contribution is -2.37. The number of nitrogens with zero attached hydrogens (tertiary/aromatic N) is 1. The number of hydrogen-bond donors (Lipinski definition) is 1. The molecule has 12 aromatic rings. The van der Waals surface area contributed by atoms with Gasteiger partial charge in [-0.15, -0.1) is 0 Å². The van der Waals surface area contributed by atoms with E-state index in [0.29, 0.717) is 0 Å². The van der Waals surface area contributed by atoms with Gasteiger partial charge in [-0.2, -0.15) is 0 Å². The lowest BCUT2D eigenvalue weighted by molar-refractivity contribution is 0.669. The topological polar surface area (TPSA) is 43.2 Å². The fraction of sp³-hybridized carbons (Fsp3) is 0.0357. The van der Waals surface area contributed by atoms with Crippen molar-refractivity contribution < 1.29 is 8.83 Å². The van der Waals surface area contributed by atoms with Gasteiger partial charge in [-0.3, -0.25) is 0 Å². The van der Waals surface area contributed by atoms with Crippen molar-refractivity contribution in [2.24, 2.45) is 0 Å². The number of hydrogen-bond acceptors (Lipinski definition) is 3. The molecule has 5 heteroatoms. The zero-order valence-corrected chi connectivity index (χ0v) is 33.3. The second-order valence-electron chi connectivity index (χ2n) is 16.4. The van der Waals surface area contributed by atoms with Gasteiger partial charge in [0.25, 0.3) is 0 Å². The van der Waals surface area contributed by atoms with E-state index in [2.05, 4.69) is 200 Å². The molecule has 1 N–H and O–H groups in total. The fourth-order valence-electron chi connectivity index (χ4n) is 10.0. The number of rotatable bonds is 6. The van der Waals surface area contributed by atoms with E-state index in [1.54, 1.807) is 0 Å². The molecular formula is C56H36BN2O2. The molecule has 1 radical (unpaired) electrons. The van der Waals surface area contributed by atoms with Gasteiger partial charge < -0.3 is 18.7 Å². The van der Waals surface area contributed by atoms with Crippen molar-refractivity contribution in [3.05, 3.63) is 210 Å². The maximum absolute atomic E-state index is 6.68. The third kappa shape index (κ3) is 5.20. The lowest BCUT2D eigenvalue weighted by atomic mass is 9.58. The molecule has 0 fully saturated rings. The Hall–Kier alpha value is -7.76. The normalized spacial score (nSPS) is 12.3. The minimum Gasteiger partial charge on any atom is -0.456 e. The van der Waals surface area contributed by atoms with E-state index in [1.807, 2.05) is 12.1 Å². The van der Waals surface area contributed by atoms with Crippen molar-refractivity contribution in [1.82, 2.24) is 4.57 Å². The minimum atomic E-state index is -0.0559. The van der Waals surface area contributed by atoms with E-state index in [9.17, 15) is 0 Å². The van der Waals surface area contributed by atoms with Gasteiger partial charge in [0, 0.05) is 66.4 Å². The molecule has 13 rings (SSSR count). The molecule has 4 nitrogen and oxygen atoms in total. The highest BCUT2D eigenvalue weighted by atomic mass is 16.3. The van der Waals surface area contributed by atoms with E-state index in [-0.39, 0.29) is 5.92 Å². The van der Waals surface area contributed by atoms with Crippen LogP contribution in [0.4, 0.5) is 11.4 Å². The molecule has 0 unspecified atom stereocenters. The molecular weight excluding hydrogens is 743 g/mol. The Kier molecular flexibility index (Phi) is 7.35. The van der Waals surface area contributed by atoms with Crippen molar-refractivity contribution in [2.45, 2.75) is 12.8 Å². The molecule has 0 saturated heterocycles. The highest BCUT2D eigenvalue weighted by molar-refractivity contribution is 6.73. The zero-order chi connectivity index (χ0) is 40.2. The number of aryl methyl sites for hydroxylation is 1. The molecule has 0 amide bonds. The van der Waals surface area contributed by atoms with Crippen LogP contribution in [0.3, 0.4) is 0 Å². The van der Waals surface area contributed by atoms with Crippen LogP contribution in [0.25, 0.3) is 82.5 Å². The second-order valence-corrected chi connectivity index (χ2v) is 16.4. The predicted octanol–water partition coefficient (Wildman–Crippen LogP) is 13.5. The van der Waals surface area contributed by atoms with Crippen molar-refractivity contribution in [3.8, 4) is 16.8 Å². The summed E-state index contributed by atoms with van der Waals surface area (Å²) < 4.78 is 15.7. The maximum atomic E-state index is 6.68. The summed E-state index contributed by atoms with van der Waals surface area (Å²) in [6.45, 7) is 2.13. The smallest absolute Gasteiger partial charge is 0.198 e. The molecule has 0 spiro atoms. The van der Waals surface area contributed by atoms with Crippen molar-refractivity contribution in [2.75, 3.05) is 5.32 Å². The number of fused-ring (bicyclic) bond motifs is 11. The molecule has 0 saturated carbocycles. The summed E-state index contributed by atoms with van der Waals surface area (Å²) >= 11 is 0. The van der Waals surface area contributed by atoms with E-state index < -0.39 is 0 Å². The molecule has 285 valence electrons. The first-order valence-electron chi connectivity index (χ1n) is 20.9. The molecule has 1 aliphatic rings. The van der Waals surface area contributed by atoms with Gasteiger partial charge in [0.2, 0.25) is 0 Å². The van der Waals surface area contributed by atoms with Gasteiger partial charge in [0.15, 0.2) is 7.28 Å². The molecule has 4 heterocycles. The van der Waals surface area contributed by atoms with E-state index in [4.69, 9.17) is 8.83 Å². The van der Waals surface area contributed by atoms with Gasteiger partial charge in [-0.05, 0) is 95.3 Å². The van der Waals surface area contributed by atoms with E-state index >= 15 is 0 Å². The maximum Gasteiger partial charge on any atom is 0.198 e. The predicted molar refractivity (Wildman–Crippen MR) is 254 cm³/mol. The van der Waals surface area contributed by atoms with Gasteiger partial charge in [0.05, 0.1) is 5.52 Å². The Bertz CT molecular complexity index is 3670. The third-order valence-corrected chi connectivity index (χ3v) is 12.8. The minimum absolute atomic E-state index is 0.0559. The number of aromatic nitrogens is 1. The average molecular weight is 780 g/mol. The molecule has 61 heavy (non-hydrogen) atoms. The van der Waals surface area contributed by atoms with Crippen LogP contribution in [0.1, 0.15) is 28.2 Å². The van der Waals surface area contributed by atoms with Crippen molar-refractivity contribution in [1.29, 1.82) is 0 Å². The zero-order valence-electron chi connectivity index (χ0n) is 33.3. The monoisotopic (exact) mass is 779 g/mol. The number of anilines is 2. The van der Waals surface area contributed by atoms with Crippen LogP contribution in [0.2, 0.25) is 0 Å². The van der Waals surface area contributed by atoms with Crippen LogP contribution in [0.15, 0.2) is 197 Å². The van der Waals surface area contributed by atoms with Gasteiger partial charge in [-0.25, -0.2) is 0 Å². The molecule has 0 aliphatic carbocycles. The largest absolute Gasteiger partial charge is 0.456 e. The quantitative estimate of drug-likeness (QED) is 0.135. The lowest BCUT2D eigenvalue weighted by Gasteiger charge is -2.27. The van der Waals surface area contributed by atoms with Gasteiger partial charge >= 0.3 is 0 Å². The third-order valence-electron chi connectivity index (χ3n) is 12.8. The van der Waals surface area contributed by atoms with Crippen LogP contribution in [0, 0.1) is 6.92 Å². The highest BCUT2D eigenvalue weighted by Crippen LogP contribution is 2.46. The number of furan rings is 2. The first-order valence-corrected chi connectivity index (χ1v) is 20.9. The van der Waals surface area contributed by atoms with Crippen LogP contribution < -0.4 is 16.2 Å². The summed E-state index contributed by atoms with van der Waals surface area (Å²) in [5.41, 5.74) is 18.4. The number of para-hydroxylation sites is 3. The molecule has 0 bridgehead atoms. The van der Waals surface area contributed by atoms with E-state index in [1.165, 1.54) is 44.1 Å². The second kappa shape index (κ2) is 13.1. The highest BCUT2D eigenvalue weighted by Gasteiger charge is 2.32. The van der Waals surface area contributed by atoms with Crippen molar-refractivity contribution >= 4 is 95.3 Å². The molecule has 1 aliphatic heterocycles. The number of benzene rings is 9. The summed E-state index contributed by atoms with van der Waals surface area (Å²) in [7, 11) is 2.39. The molecule has 9 aromatic carbocycles. The first kappa shape index (κ1) is 34.1. The standard InChI is InChI=1S/C56H36BN2O2/c1-33-24-26-36(27-25-33)58-46-29-41-37-18-9-12-22-49(37)60-51(41)31-40(46)43-28-44(53(34-14-4-2-5-15-34)35-16-6-3-7-17-35)54-39-20-8-11-21-47(39)59-48-30-42-38-19-10-13-23-50(38)61-52(42)32-45(48)57-55(43)56(54)59/h2-32,53,58H,1H3. The molecule has 0 atom stereocenters. The average Bonchev–Trinajstić information content (AvgIpc) is 3.97. The summed E-state index contributed by atoms with van der Waals surface area (Å²) in [6.07, 6.45) is 0. The Morgan fingerprint density at radius 1 is 0.508 bits per heavy atom. The summed E-state index contributed by atoms with van der Waals surface area (Å²) in [4.78, 5) is 0. The van der Waals surface area contributed by atoms with Crippen LogP contribution >= 0.6 is 0 Å². The Morgan fingerprint density at radius 3 is 1.79 bits per heavy atom. The number of nitrogens with one attached hydrogen (secondary N) is 1. The van der Waals surface area contributed by atoms with Gasteiger partial charge in [-0.1, -0.05) is 138 Å². The van der Waals surface area contributed by atoms with Crippen LogP contribution in [-0.4, -0.2) is 11.8 Å². The van der Waals surface area contributed by atoms with Crippen LogP contribution in [-0.2, 0) is 0 Å². The Labute approximate surface area is 352 Å². The SMILES string of the molecule is Cc1ccc(Nc2cc3c(cc2-c2cc(C(c4ccccc4)c4ccccc4)c4c5ccccc5n5c4c2[B]c2cc4oc6ccccc6c4cc2-5)oc2ccccc23)cc1. The Morgan fingerprint density at radius 2 is 1.10 bits per heavy atom. The first-order chi connectivity index (χ1) is 30.1. The van der Waals surface area contributed by atoms with Crippen molar-refractivity contribution in [3.63, 3.8) is 0 Å². The summed E-state index contributed by atoms with van der Waals surface area (Å²) in [5.74, 6) is -0.0559. The van der Waals surface area contributed by atoms with E-state index in [0.717, 1.165) is 83.0 Å². The fourth-order valence-corrected chi connectivity index (χ4v) is 10.0. The Balaban J connectivity index is 1.19. The van der Waals surface area contributed by atoms with Gasteiger partial charge in [0.1, 0.15) is 22.3 Å². The summed E-state index contributed by atoms with van der Waals surface area (Å²) in [5, 5.41) is 10.8. The van der Waals surface area contributed by atoms with Crippen LogP contribution in [0.5, 0.6) is 0 Å². The molecule has 3 aromatic heterocycles. The summed E-state index contributed by atoms with van der Waals surface area (Å²) in [6, 6.07) is 67.8.